The van der Waals surface area contributed by atoms with E-state index in [0.717, 1.165) is 6.42 Å². The molecule has 0 aromatic carbocycles. The van der Waals surface area contributed by atoms with Gasteiger partial charge in [-0.3, -0.25) is 0 Å². The van der Waals surface area contributed by atoms with Gasteiger partial charge in [-0.25, -0.2) is 0 Å². The van der Waals surface area contributed by atoms with Crippen molar-refractivity contribution < 1.29 is 0 Å². The molecule has 0 fully saturated rings. The fourth-order valence-corrected chi connectivity index (χ4v) is 3.30. The molecule has 1 heterocycles. The Labute approximate surface area is 93.7 Å². The average Bonchev–Trinajstić information content (AvgIpc) is 2.38. The summed E-state index contributed by atoms with van der Waals surface area (Å²) in [5.41, 5.74) is 1.78. The Balaban J connectivity index is 2.40. The molecule has 0 radical (unpaired) electrons. The van der Waals surface area contributed by atoms with Crippen LogP contribution in [-0.2, 0) is 0 Å². The number of hydrogen-bond acceptors (Lipinski definition) is 1. The third-order valence-electron chi connectivity index (χ3n) is 3.08. The molecule has 2 rings (SSSR count). The molecule has 0 aromatic heterocycles. The highest BCUT2D eigenvalue weighted by atomic mass is 127. The monoisotopic (exact) mass is 287 g/mol. The fraction of sp³-hybridized carbons (Fsp3) is 0.455. The Morgan fingerprint density at radius 2 is 2.31 bits per heavy atom. The third kappa shape index (κ3) is 1.26. The topological polar surface area (TPSA) is 3.24 Å². The number of fused-ring (bicyclic) bond motifs is 1. The predicted molar refractivity (Wildman–Crippen MR) is 64.4 cm³/mol. The van der Waals surface area contributed by atoms with Crippen molar-refractivity contribution in [2.45, 2.75) is 26.3 Å². The molecular formula is C11H14IN. The van der Waals surface area contributed by atoms with Crippen LogP contribution in [0.25, 0.3) is 0 Å². The van der Waals surface area contributed by atoms with Gasteiger partial charge in [-0.05, 0) is 18.9 Å². The van der Waals surface area contributed by atoms with E-state index in [1.165, 1.54) is 5.57 Å². The van der Waals surface area contributed by atoms with Gasteiger partial charge in [0.2, 0.25) is 0 Å². The second-order valence-electron chi connectivity index (χ2n) is 3.82. The van der Waals surface area contributed by atoms with Crippen molar-refractivity contribution in [1.82, 2.24) is 3.11 Å². The summed E-state index contributed by atoms with van der Waals surface area (Å²) in [5.74, 6) is 0. The Bertz CT molecular complexity index is 303. The van der Waals surface area contributed by atoms with Crippen LogP contribution in [0.3, 0.4) is 0 Å². The average molecular weight is 287 g/mol. The summed E-state index contributed by atoms with van der Waals surface area (Å²) in [7, 11) is 0. The first-order valence-electron chi connectivity index (χ1n) is 4.70. The van der Waals surface area contributed by atoms with Gasteiger partial charge in [-0.2, -0.15) is 0 Å². The summed E-state index contributed by atoms with van der Waals surface area (Å²) >= 11 is 2.39. The number of allylic oxidation sites excluding steroid dienone is 2. The van der Waals surface area contributed by atoms with E-state index in [-0.39, 0.29) is 5.41 Å². The molecule has 0 bridgehead atoms. The highest BCUT2D eigenvalue weighted by Gasteiger charge is 2.41. The lowest BCUT2D eigenvalue weighted by Crippen LogP contribution is -2.33. The third-order valence-corrected chi connectivity index (χ3v) is 3.96. The first-order chi connectivity index (χ1) is 6.18. The van der Waals surface area contributed by atoms with Crippen LogP contribution in [0.15, 0.2) is 36.1 Å². The van der Waals surface area contributed by atoms with Crippen LogP contribution >= 0.6 is 22.9 Å². The molecule has 70 valence electrons. The lowest BCUT2D eigenvalue weighted by Gasteiger charge is -2.33. The maximum absolute atomic E-state index is 2.39. The molecule has 2 atom stereocenters. The smallest absolute Gasteiger partial charge is 0.0695 e. The van der Waals surface area contributed by atoms with Gasteiger partial charge < -0.3 is 3.11 Å². The van der Waals surface area contributed by atoms with Crippen LogP contribution in [0.5, 0.6) is 0 Å². The second kappa shape index (κ2) is 3.15. The second-order valence-corrected chi connectivity index (χ2v) is 4.94. The quantitative estimate of drug-likeness (QED) is 0.527. The Morgan fingerprint density at radius 1 is 1.54 bits per heavy atom. The van der Waals surface area contributed by atoms with Crippen LogP contribution in [0, 0.1) is 5.41 Å². The number of halogens is 1. The minimum atomic E-state index is 0.241. The van der Waals surface area contributed by atoms with Gasteiger partial charge in [0, 0.05) is 11.6 Å². The SMILES string of the molecule is CCC1=CN(I)C2C=CC=CC12C. The van der Waals surface area contributed by atoms with E-state index in [1.54, 1.807) is 0 Å². The molecule has 0 spiro atoms. The number of nitrogens with zero attached hydrogens (tertiary/aromatic N) is 1. The summed E-state index contributed by atoms with van der Waals surface area (Å²) in [6.45, 7) is 4.56. The van der Waals surface area contributed by atoms with Crippen LogP contribution in [-0.4, -0.2) is 9.16 Å². The summed E-state index contributed by atoms with van der Waals surface area (Å²) in [5, 5.41) is 0. The fourth-order valence-electron chi connectivity index (χ4n) is 2.20. The largest absolute Gasteiger partial charge is 0.314 e. The van der Waals surface area contributed by atoms with Gasteiger partial charge in [-0.15, -0.1) is 0 Å². The Kier molecular flexibility index (Phi) is 2.26. The Hall–Kier alpha value is -0.250. The standard InChI is InChI=1S/C11H14IN/c1-3-9-8-13(12)10-6-4-5-7-11(9,10)2/h4-8,10H,3H2,1-2H3. The minimum Gasteiger partial charge on any atom is -0.314 e. The van der Waals surface area contributed by atoms with Crippen LogP contribution < -0.4 is 0 Å². The van der Waals surface area contributed by atoms with Gasteiger partial charge in [0.25, 0.3) is 0 Å². The molecule has 2 unspecified atom stereocenters. The van der Waals surface area contributed by atoms with E-state index in [9.17, 15) is 0 Å². The molecule has 2 aliphatic rings. The van der Waals surface area contributed by atoms with Crippen molar-refractivity contribution in [2.24, 2.45) is 5.41 Å². The van der Waals surface area contributed by atoms with Gasteiger partial charge in [0.05, 0.1) is 28.9 Å². The molecule has 0 saturated heterocycles. The number of rotatable bonds is 1. The molecule has 1 aliphatic heterocycles. The summed E-state index contributed by atoms with van der Waals surface area (Å²) < 4.78 is 2.29. The lowest BCUT2D eigenvalue weighted by atomic mass is 9.75. The van der Waals surface area contributed by atoms with Gasteiger partial charge in [-0.1, -0.05) is 31.2 Å². The maximum atomic E-state index is 2.39. The van der Waals surface area contributed by atoms with E-state index in [0.29, 0.717) is 6.04 Å². The zero-order valence-electron chi connectivity index (χ0n) is 8.00. The van der Waals surface area contributed by atoms with Crippen molar-refractivity contribution in [3.63, 3.8) is 0 Å². The first-order valence-corrected chi connectivity index (χ1v) is 5.66. The van der Waals surface area contributed by atoms with Crippen molar-refractivity contribution >= 4 is 22.9 Å². The van der Waals surface area contributed by atoms with Crippen LogP contribution in [0.1, 0.15) is 20.3 Å². The molecular weight excluding hydrogens is 273 g/mol. The highest BCUT2D eigenvalue weighted by molar-refractivity contribution is 14.1. The van der Waals surface area contributed by atoms with Crippen molar-refractivity contribution in [1.29, 1.82) is 0 Å². The lowest BCUT2D eigenvalue weighted by molar-refractivity contribution is 0.387. The molecule has 0 amide bonds. The zero-order chi connectivity index (χ0) is 9.47. The minimum absolute atomic E-state index is 0.241. The molecule has 1 nitrogen and oxygen atoms in total. The maximum Gasteiger partial charge on any atom is 0.0695 e. The normalized spacial score (nSPS) is 36.4. The molecule has 2 heteroatoms. The van der Waals surface area contributed by atoms with Crippen molar-refractivity contribution in [3.8, 4) is 0 Å². The molecule has 1 aliphatic carbocycles. The molecule has 0 N–H and O–H groups in total. The first kappa shape index (κ1) is 9.31. The van der Waals surface area contributed by atoms with Crippen molar-refractivity contribution in [2.75, 3.05) is 0 Å². The molecule has 13 heavy (non-hydrogen) atoms. The van der Waals surface area contributed by atoms with E-state index >= 15 is 0 Å². The Morgan fingerprint density at radius 3 is 3.00 bits per heavy atom. The highest BCUT2D eigenvalue weighted by Crippen LogP contribution is 2.46. The molecule has 0 saturated carbocycles. The summed E-state index contributed by atoms with van der Waals surface area (Å²) in [6, 6.07) is 0.521. The van der Waals surface area contributed by atoms with E-state index in [4.69, 9.17) is 0 Å². The van der Waals surface area contributed by atoms with Crippen LogP contribution in [0.2, 0.25) is 0 Å². The van der Waals surface area contributed by atoms with Gasteiger partial charge in [0.15, 0.2) is 0 Å². The summed E-state index contributed by atoms with van der Waals surface area (Å²) in [4.78, 5) is 0. The van der Waals surface area contributed by atoms with E-state index in [1.807, 2.05) is 0 Å². The van der Waals surface area contributed by atoms with Crippen molar-refractivity contribution in [3.05, 3.63) is 36.1 Å². The number of hydrogen-bond donors (Lipinski definition) is 0. The van der Waals surface area contributed by atoms with E-state index in [2.05, 4.69) is 70.3 Å². The van der Waals surface area contributed by atoms with Crippen LogP contribution in [0.4, 0.5) is 0 Å². The van der Waals surface area contributed by atoms with Gasteiger partial charge in [0.1, 0.15) is 0 Å². The zero-order valence-corrected chi connectivity index (χ0v) is 10.2. The van der Waals surface area contributed by atoms with Gasteiger partial charge >= 0.3 is 0 Å². The molecule has 0 aromatic rings. The predicted octanol–water partition coefficient (Wildman–Crippen LogP) is 3.45. The van der Waals surface area contributed by atoms with E-state index < -0.39 is 0 Å². The summed E-state index contributed by atoms with van der Waals surface area (Å²) in [6.07, 6.45) is 12.3.